The van der Waals surface area contributed by atoms with E-state index >= 15 is 0 Å². The average Bonchev–Trinajstić information content (AvgIpc) is 2.46. The van der Waals surface area contributed by atoms with Crippen molar-refractivity contribution in [3.8, 4) is 0 Å². The van der Waals surface area contributed by atoms with Gasteiger partial charge in [-0.15, -0.1) is 0 Å². The van der Waals surface area contributed by atoms with Crippen molar-refractivity contribution >= 4 is 6.09 Å². The third-order valence-electron chi connectivity index (χ3n) is 3.06. The number of rotatable bonds is 3. The lowest BCUT2D eigenvalue weighted by atomic mass is 10.1. The molecule has 0 aliphatic carbocycles. The summed E-state index contributed by atoms with van der Waals surface area (Å²) < 4.78 is 17.9. The van der Waals surface area contributed by atoms with Crippen LogP contribution in [0.5, 0.6) is 0 Å². The van der Waals surface area contributed by atoms with Gasteiger partial charge in [-0.3, -0.25) is 0 Å². The lowest BCUT2D eigenvalue weighted by Crippen LogP contribution is -2.46. The van der Waals surface area contributed by atoms with E-state index < -0.39 is 6.04 Å². The van der Waals surface area contributed by atoms with Crippen LogP contribution in [-0.4, -0.2) is 43.8 Å². The lowest BCUT2D eigenvalue weighted by Gasteiger charge is -2.27. The zero-order valence-corrected chi connectivity index (χ0v) is 10.6. The first kappa shape index (κ1) is 13.8. The third-order valence-corrected chi connectivity index (χ3v) is 3.06. The maximum absolute atomic E-state index is 12.8. The minimum absolute atomic E-state index is 0.0917. The van der Waals surface area contributed by atoms with Gasteiger partial charge in [-0.2, -0.15) is 0 Å². The molecule has 19 heavy (non-hydrogen) atoms. The number of hydrogen-bond acceptors (Lipinski definition) is 4. The van der Waals surface area contributed by atoms with Crippen molar-refractivity contribution in [1.29, 1.82) is 0 Å². The molecule has 1 heterocycles. The van der Waals surface area contributed by atoms with Crippen LogP contribution in [0.2, 0.25) is 0 Å². The van der Waals surface area contributed by atoms with Gasteiger partial charge in [-0.25, -0.2) is 9.18 Å². The zero-order chi connectivity index (χ0) is 13.7. The molecule has 1 amide bonds. The molecule has 0 aromatic heterocycles. The molecule has 104 valence electrons. The summed E-state index contributed by atoms with van der Waals surface area (Å²) >= 11 is 0. The van der Waals surface area contributed by atoms with Gasteiger partial charge in [0.05, 0.1) is 6.04 Å². The van der Waals surface area contributed by atoms with E-state index in [-0.39, 0.29) is 18.5 Å². The minimum atomic E-state index is -0.438. The fraction of sp³-hybridized carbons (Fsp3) is 0.462. The van der Waals surface area contributed by atoms with E-state index in [2.05, 4.69) is 5.32 Å². The van der Waals surface area contributed by atoms with Gasteiger partial charge in [0.15, 0.2) is 0 Å². The van der Waals surface area contributed by atoms with Crippen LogP contribution in [0, 0.1) is 5.82 Å². The largest absolute Gasteiger partial charge is 0.447 e. The zero-order valence-electron chi connectivity index (χ0n) is 10.6. The Kier molecular flexibility index (Phi) is 4.70. The Morgan fingerprint density at radius 1 is 1.37 bits per heavy atom. The molecular weight excluding hydrogens is 249 g/mol. The average molecular weight is 267 g/mol. The fourth-order valence-corrected chi connectivity index (χ4v) is 1.91. The second kappa shape index (κ2) is 6.49. The SMILES string of the molecule is NC(COC(=O)N1CCNCC1)c1ccc(F)cc1. The van der Waals surface area contributed by atoms with E-state index in [1.54, 1.807) is 17.0 Å². The van der Waals surface area contributed by atoms with E-state index in [4.69, 9.17) is 10.5 Å². The minimum Gasteiger partial charge on any atom is -0.447 e. The number of carbonyl (C=O) groups excluding carboxylic acids is 1. The molecule has 0 spiro atoms. The molecule has 1 unspecified atom stereocenters. The van der Waals surface area contributed by atoms with Gasteiger partial charge >= 0.3 is 6.09 Å². The number of ether oxygens (including phenoxy) is 1. The molecule has 6 heteroatoms. The molecular formula is C13H18FN3O2. The molecule has 1 atom stereocenters. The maximum atomic E-state index is 12.8. The highest BCUT2D eigenvalue weighted by Gasteiger charge is 2.18. The number of halogens is 1. The quantitative estimate of drug-likeness (QED) is 0.852. The Hall–Kier alpha value is -1.66. The standard InChI is InChI=1S/C13H18FN3O2/c14-11-3-1-10(2-4-11)12(15)9-19-13(18)17-7-5-16-6-8-17/h1-4,12,16H,5-9,15H2. The van der Waals surface area contributed by atoms with Crippen molar-refractivity contribution in [3.63, 3.8) is 0 Å². The van der Waals surface area contributed by atoms with E-state index in [0.29, 0.717) is 13.1 Å². The lowest BCUT2D eigenvalue weighted by molar-refractivity contribution is 0.0925. The van der Waals surface area contributed by atoms with Gasteiger partial charge in [-0.1, -0.05) is 12.1 Å². The van der Waals surface area contributed by atoms with Crippen molar-refractivity contribution in [2.24, 2.45) is 5.73 Å². The van der Waals surface area contributed by atoms with Crippen LogP contribution in [0.25, 0.3) is 0 Å². The topological polar surface area (TPSA) is 67.6 Å². The first-order valence-corrected chi connectivity index (χ1v) is 6.30. The van der Waals surface area contributed by atoms with Gasteiger partial charge in [0.2, 0.25) is 0 Å². The fourth-order valence-electron chi connectivity index (χ4n) is 1.91. The molecule has 0 saturated carbocycles. The van der Waals surface area contributed by atoms with Crippen molar-refractivity contribution in [2.45, 2.75) is 6.04 Å². The molecule has 2 rings (SSSR count). The number of nitrogens with one attached hydrogen (secondary N) is 1. The number of nitrogens with zero attached hydrogens (tertiary/aromatic N) is 1. The molecule has 1 fully saturated rings. The smallest absolute Gasteiger partial charge is 0.409 e. The van der Waals surface area contributed by atoms with E-state index in [0.717, 1.165) is 18.7 Å². The van der Waals surface area contributed by atoms with Gasteiger partial charge < -0.3 is 20.7 Å². The third kappa shape index (κ3) is 3.90. The van der Waals surface area contributed by atoms with Crippen molar-refractivity contribution in [3.05, 3.63) is 35.6 Å². The molecule has 1 saturated heterocycles. The summed E-state index contributed by atoms with van der Waals surface area (Å²) in [6.45, 7) is 2.93. The number of nitrogens with two attached hydrogens (primary N) is 1. The number of carbonyl (C=O) groups is 1. The summed E-state index contributed by atoms with van der Waals surface area (Å²) in [5.41, 5.74) is 6.64. The predicted molar refractivity (Wildman–Crippen MR) is 69.1 cm³/mol. The Morgan fingerprint density at radius 3 is 2.63 bits per heavy atom. The Bertz CT molecular complexity index is 418. The van der Waals surface area contributed by atoms with Crippen LogP contribution >= 0.6 is 0 Å². The molecule has 1 aliphatic heterocycles. The highest BCUT2D eigenvalue weighted by molar-refractivity contribution is 5.67. The van der Waals surface area contributed by atoms with E-state index in [1.807, 2.05) is 0 Å². The normalized spacial score (nSPS) is 17.1. The predicted octanol–water partition coefficient (Wildman–Crippen LogP) is 0.867. The Labute approximate surface area is 111 Å². The van der Waals surface area contributed by atoms with Crippen LogP contribution in [0.1, 0.15) is 11.6 Å². The molecule has 0 bridgehead atoms. The number of piperazine rings is 1. The van der Waals surface area contributed by atoms with Crippen LogP contribution in [0.3, 0.4) is 0 Å². The van der Waals surface area contributed by atoms with Gasteiger partial charge in [0, 0.05) is 26.2 Å². The molecule has 1 aromatic rings. The van der Waals surface area contributed by atoms with Crippen molar-refractivity contribution in [2.75, 3.05) is 32.8 Å². The number of benzene rings is 1. The summed E-state index contributed by atoms with van der Waals surface area (Å²) in [5.74, 6) is -0.311. The summed E-state index contributed by atoms with van der Waals surface area (Å²) in [6, 6.07) is 5.44. The van der Waals surface area contributed by atoms with Gasteiger partial charge in [-0.05, 0) is 17.7 Å². The second-order valence-electron chi connectivity index (χ2n) is 4.47. The van der Waals surface area contributed by atoms with Crippen LogP contribution in [0.4, 0.5) is 9.18 Å². The van der Waals surface area contributed by atoms with Gasteiger partial charge in [0.1, 0.15) is 12.4 Å². The summed E-state index contributed by atoms with van der Waals surface area (Å²) in [7, 11) is 0. The highest BCUT2D eigenvalue weighted by atomic mass is 19.1. The Morgan fingerprint density at radius 2 is 2.00 bits per heavy atom. The van der Waals surface area contributed by atoms with E-state index in [1.165, 1.54) is 12.1 Å². The monoisotopic (exact) mass is 267 g/mol. The second-order valence-corrected chi connectivity index (χ2v) is 4.47. The molecule has 3 N–H and O–H groups in total. The van der Waals surface area contributed by atoms with Crippen LogP contribution in [-0.2, 0) is 4.74 Å². The molecule has 5 nitrogen and oxygen atoms in total. The summed E-state index contributed by atoms with van der Waals surface area (Å²) in [5, 5.41) is 3.16. The highest BCUT2D eigenvalue weighted by Crippen LogP contribution is 2.12. The summed E-state index contributed by atoms with van der Waals surface area (Å²) in [6.07, 6.45) is -0.348. The maximum Gasteiger partial charge on any atom is 0.409 e. The van der Waals surface area contributed by atoms with Crippen LogP contribution < -0.4 is 11.1 Å². The number of hydrogen-bond donors (Lipinski definition) is 2. The number of amides is 1. The first-order valence-electron chi connectivity index (χ1n) is 6.30. The molecule has 1 aromatic carbocycles. The molecule has 0 radical (unpaired) electrons. The van der Waals surface area contributed by atoms with Crippen molar-refractivity contribution < 1.29 is 13.9 Å². The van der Waals surface area contributed by atoms with Gasteiger partial charge in [0.25, 0.3) is 0 Å². The molecule has 1 aliphatic rings. The first-order chi connectivity index (χ1) is 9.16. The van der Waals surface area contributed by atoms with E-state index in [9.17, 15) is 9.18 Å². The van der Waals surface area contributed by atoms with Crippen molar-refractivity contribution in [1.82, 2.24) is 10.2 Å². The van der Waals surface area contributed by atoms with Crippen LogP contribution in [0.15, 0.2) is 24.3 Å². The Balaban J connectivity index is 1.80. The summed E-state index contributed by atoms with van der Waals surface area (Å²) in [4.78, 5) is 13.4.